The molecule has 1 heterocycles. The van der Waals surface area contributed by atoms with Crippen molar-refractivity contribution in [2.75, 3.05) is 6.61 Å². The van der Waals surface area contributed by atoms with Crippen LogP contribution in [0, 0.1) is 5.82 Å². The molecule has 0 radical (unpaired) electrons. The summed E-state index contributed by atoms with van der Waals surface area (Å²) in [5.41, 5.74) is 5.84. The van der Waals surface area contributed by atoms with Gasteiger partial charge in [0.25, 0.3) is 0 Å². The van der Waals surface area contributed by atoms with Gasteiger partial charge in [-0.3, -0.25) is 4.79 Å². The number of Topliss-reactive ketones (excluding diaryl/α,β-unsaturated/α-hetero) is 1. The molecule has 1 aliphatic heterocycles. The average Bonchev–Trinajstić information content (AvgIpc) is 2.31. The minimum Gasteiger partial charge on any atom is -0.490 e. The summed E-state index contributed by atoms with van der Waals surface area (Å²) in [5, 5.41) is 0. The molecular formula is C10H10FNO2. The van der Waals surface area contributed by atoms with E-state index in [0.717, 1.165) is 0 Å². The molecule has 1 unspecified atom stereocenters. The second-order valence-electron chi connectivity index (χ2n) is 3.22. The van der Waals surface area contributed by atoms with Crippen LogP contribution in [0.1, 0.15) is 16.8 Å². The lowest BCUT2D eigenvalue weighted by atomic mass is 10.0. The van der Waals surface area contributed by atoms with Crippen molar-refractivity contribution < 1.29 is 13.9 Å². The summed E-state index contributed by atoms with van der Waals surface area (Å²) in [4.78, 5) is 11.6. The Kier molecular flexibility index (Phi) is 2.21. The van der Waals surface area contributed by atoms with Crippen molar-refractivity contribution in [3.8, 4) is 5.75 Å². The van der Waals surface area contributed by atoms with Crippen LogP contribution in [0.25, 0.3) is 0 Å². The summed E-state index contributed by atoms with van der Waals surface area (Å²) in [6.07, 6.45) is 0.424. The van der Waals surface area contributed by atoms with Gasteiger partial charge in [-0.1, -0.05) is 6.07 Å². The number of nitrogens with two attached hydrogens (primary N) is 1. The smallest absolute Gasteiger partial charge is 0.183 e. The van der Waals surface area contributed by atoms with Crippen LogP contribution in [0.15, 0.2) is 18.2 Å². The molecule has 1 aromatic rings. The molecule has 0 saturated heterocycles. The molecule has 0 bridgehead atoms. The Hall–Kier alpha value is -1.42. The molecule has 1 atom stereocenters. The van der Waals surface area contributed by atoms with Gasteiger partial charge >= 0.3 is 0 Å². The highest BCUT2D eigenvalue weighted by molar-refractivity contribution is 6.02. The molecule has 2 rings (SSSR count). The molecule has 0 spiro atoms. The number of carbonyl (C=O) groups is 1. The van der Waals surface area contributed by atoms with E-state index >= 15 is 0 Å². The van der Waals surface area contributed by atoms with Gasteiger partial charge < -0.3 is 10.5 Å². The number of hydrogen-bond acceptors (Lipinski definition) is 3. The largest absolute Gasteiger partial charge is 0.490 e. The quantitative estimate of drug-likeness (QED) is 0.674. The van der Waals surface area contributed by atoms with E-state index in [1.165, 1.54) is 18.2 Å². The molecule has 0 fully saturated rings. The van der Waals surface area contributed by atoms with Gasteiger partial charge in [0.05, 0.1) is 18.2 Å². The Morgan fingerprint density at radius 3 is 3.07 bits per heavy atom. The maximum Gasteiger partial charge on any atom is 0.183 e. The molecule has 0 saturated carbocycles. The van der Waals surface area contributed by atoms with Gasteiger partial charge in [0, 0.05) is 6.42 Å². The molecule has 1 aliphatic rings. The SMILES string of the molecule is NC1CCOc2c(F)cccc2C1=O. The predicted octanol–water partition coefficient (Wildman–Crippen LogP) is 1.12. The molecule has 0 aromatic heterocycles. The molecule has 1 aromatic carbocycles. The third kappa shape index (κ3) is 1.37. The van der Waals surface area contributed by atoms with E-state index in [-0.39, 0.29) is 23.7 Å². The second-order valence-corrected chi connectivity index (χ2v) is 3.22. The van der Waals surface area contributed by atoms with Crippen molar-refractivity contribution in [2.45, 2.75) is 12.5 Å². The molecule has 2 N–H and O–H groups in total. The first kappa shape index (κ1) is 9.15. The van der Waals surface area contributed by atoms with E-state index in [9.17, 15) is 9.18 Å². The van der Waals surface area contributed by atoms with E-state index in [1.807, 2.05) is 0 Å². The van der Waals surface area contributed by atoms with Gasteiger partial charge in [0.2, 0.25) is 0 Å². The second kappa shape index (κ2) is 3.38. The molecule has 14 heavy (non-hydrogen) atoms. The average molecular weight is 195 g/mol. The number of rotatable bonds is 0. The first-order valence-electron chi connectivity index (χ1n) is 4.41. The maximum atomic E-state index is 13.2. The third-order valence-corrected chi connectivity index (χ3v) is 2.24. The number of carbonyl (C=O) groups excluding carboxylic acids is 1. The van der Waals surface area contributed by atoms with Gasteiger partial charge in [0.1, 0.15) is 0 Å². The number of fused-ring (bicyclic) bond motifs is 1. The minimum atomic E-state index is -0.585. The van der Waals surface area contributed by atoms with Crippen molar-refractivity contribution >= 4 is 5.78 Å². The summed E-state index contributed by atoms with van der Waals surface area (Å²) < 4.78 is 18.4. The van der Waals surface area contributed by atoms with Crippen molar-refractivity contribution in [1.29, 1.82) is 0 Å². The highest BCUT2D eigenvalue weighted by atomic mass is 19.1. The van der Waals surface area contributed by atoms with Gasteiger partial charge in [0.15, 0.2) is 17.3 Å². The first-order valence-corrected chi connectivity index (χ1v) is 4.41. The highest BCUT2D eigenvalue weighted by Crippen LogP contribution is 2.26. The molecule has 0 aliphatic carbocycles. The Morgan fingerprint density at radius 1 is 1.50 bits per heavy atom. The van der Waals surface area contributed by atoms with E-state index < -0.39 is 11.9 Å². The number of hydrogen-bond donors (Lipinski definition) is 1. The molecular weight excluding hydrogens is 185 g/mol. The van der Waals surface area contributed by atoms with Crippen molar-refractivity contribution in [2.24, 2.45) is 5.73 Å². The summed E-state index contributed by atoms with van der Waals surface area (Å²) in [6.45, 7) is 0.279. The van der Waals surface area contributed by atoms with E-state index in [1.54, 1.807) is 0 Å². The third-order valence-electron chi connectivity index (χ3n) is 2.24. The van der Waals surface area contributed by atoms with Gasteiger partial charge in [-0.25, -0.2) is 4.39 Å². The van der Waals surface area contributed by atoms with Crippen LogP contribution in [0.4, 0.5) is 4.39 Å². The summed E-state index contributed by atoms with van der Waals surface area (Å²) in [6, 6.07) is 3.69. The molecule has 4 heteroatoms. The monoisotopic (exact) mass is 195 g/mol. The topological polar surface area (TPSA) is 52.3 Å². The fourth-order valence-electron chi connectivity index (χ4n) is 1.47. The lowest BCUT2D eigenvalue weighted by Crippen LogP contribution is -2.30. The van der Waals surface area contributed by atoms with Crippen LogP contribution in [-0.4, -0.2) is 18.4 Å². The molecule has 74 valence electrons. The summed E-state index contributed by atoms with van der Waals surface area (Å²) >= 11 is 0. The van der Waals surface area contributed by atoms with Gasteiger partial charge in [-0.2, -0.15) is 0 Å². The van der Waals surface area contributed by atoms with Crippen molar-refractivity contribution in [3.63, 3.8) is 0 Å². The normalized spacial score (nSPS) is 21.0. The van der Waals surface area contributed by atoms with Crippen LogP contribution < -0.4 is 10.5 Å². The van der Waals surface area contributed by atoms with Crippen LogP contribution in [0.3, 0.4) is 0 Å². The number of para-hydroxylation sites is 1. The minimum absolute atomic E-state index is 0.0328. The lowest BCUT2D eigenvalue weighted by molar-refractivity contribution is 0.0960. The zero-order valence-electron chi connectivity index (χ0n) is 7.50. The standard InChI is InChI=1S/C10H10FNO2/c11-7-3-1-2-6-9(13)8(12)4-5-14-10(6)7/h1-3,8H,4-5,12H2. The highest BCUT2D eigenvalue weighted by Gasteiger charge is 2.25. The summed E-state index contributed by atoms with van der Waals surface area (Å²) in [5.74, 6) is -0.729. The van der Waals surface area contributed by atoms with Crippen LogP contribution >= 0.6 is 0 Å². The Morgan fingerprint density at radius 2 is 2.29 bits per heavy atom. The summed E-state index contributed by atoms with van der Waals surface area (Å²) in [7, 11) is 0. The van der Waals surface area contributed by atoms with E-state index in [4.69, 9.17) is 10.5 Å². The van der Waals surface area contributed by atoms with E-state index in [0.29, 0.717) is 6.42 Å². The zero-order chi connectivity index (χ0) is 10.1. The van der Waals surface area contributed by atoms with Crippen molar-refractivity contribution in [3.05, 3.63) is 29.6 Å². The van der Waals surface area contributed by atoms with Crippen LogP contribution in [0.2, 0.25) is 0 Å². The lowest BCUT2D eigenvalue weighted by Gasteiger charge is -2.06. The fourth-order valence-corrected chi connectivity index (χ4v) is 1.47. The number of ether oxygens (including phenoxy) is 1. The molecule has 0 amide bonds. The van der Waals surface area contributed by atoms with Crippen LogP contribution in [-0.2, 0) is 0 Å². The number of benzene rings is 1. The van der Waals surface area contributed by atoms with Crippen molar-refractivity contribution in [1.82, 2.24) is 0 Å². The Balaban J connectivity index is 2.53. The van der Waals surface area contributed by atoms with Gasteiger partial charge in [-0.05, 0) is 12.1 Å². The number of halogens is 1. The zero-order valence-corrected chi connectivity index (χ0v) is 7.50. The Bertz CT molecular complexity index is 378. The van der Waals surface area contributed by atoms with E-state index in [2.05, 4.69) is 0 Å². The number of ketones is 1. The predicted molar refractivity (Wildman–Crippen MR) is 48.8 cm³/mol. The molecule has 3 nitrogen and oxygen atoms in total. The Labute approximate surface area is 80.7 Å². The fraction of sp³-hybridized carbons (Fsp3) is 0.300. The van der Waals surface area contributed by atoms with Crippen LogP contribution in [0.5, 0.6) is 5.75 Å². The first-order chi connectivity index (χ1) is 6.70. The maximum absolute atomic E-state index is 13.2. The van der Waals surface area contributed by atoms with Gasteiger partial charge in [-0.15, -0.1) is 0 Å².